The maximum Gasteiger partial charge on any atom is 0.324 e. The summed E-state index contributed by atoms with van der Waals surface area (Å²) in [6.07, 6.45) is 0. The van der Waals surface area contributed by atoms with Crippen LogP contribution in [0.25, 0.3) is 0 Å². The number of carbonyl (C=O) groups is 1. The maximum atomic E-state index is 11.6. The second-order valence-corrected chi connectivity index (χ2v) is 4.16. The molecule has 6 heteroatoms. The van der Waals surface area contributed by atoms with E-state index in [2.05, 4.69) is 17.1 Å². The van der Waals surface area contributed by atoms with Gasteiger partial charge in [0.25, 0.3) is 0 Å². The molecule has 0 saturated heterocycles. The molecule has 1 N–H and O–H groups in total. The lowest BCUT2D eigenvalue weighted by molar-refractivity contribution is -0.143. The van der Waals surface area contributed by atoms with Gasteiger partial charge in [-0.25, -0.2) is 0 Å². The van der Waals surface area contributed by atoms with Crippen molar-refractivity contribution >= 4 is 5.97 Å². The van der Waals surface area contributed by atoms with Crippen LogP contribution in [0.1, 0.15) is 6.92 Å². The number of nitrogens with zero attached hydrogens (tertiary/aromatic N) is 1. The molecule has 2 unspecified atom stereocenters. The number of likely N-dealkylation sites (N-methyl/N-ethyl adjacent to an activating group) is 1. The average molecular weight is 262 g/mol. The quantitative estimate of drug-likeness (QED) is 0.547. The highest BCUT2D eigenvalue weighted by atomic mass is 16.5. The van der Waals surface area contributed by atoms with Crippen molar-refractivity contribution in [3.63, 3.8) is 0 Å². The number of ether oxygens (including phenoxy) is 3. The Balaban J connectivity index is 4.48. The fourth-order valence-electron chi connectivity index (χ4n) is 1.71. The first-order valence-electron chi connectivity index (χ1n) is 6.07. The Morgan fingerprint density at radius 3 is 2.39 bits per heavy atom. The molecule has 0 aliphatic heterocycles. The summed E-state index contributed by atoms with van der Waals surface area (Å²) < 4.78 is 15.0. The molecule has 2 atom stereocenters. The highest BCUT2D eigenvalue weighted by molar-refractivity contribution is 5.75. The van der Waals surface area contributed by atoms with E-state index in [1.54, 1.807) is 21.3 Å². The number of esters is 1. The lowest BCUT2D eigenvalue weighted by Crippen LogP contribution is -2.49. The van der Waals surface area contributed by atoms with Gasteiger partial charge >= 0.3 is 5.97 Å². The van der Waals surface area contributed by atoms with E-state index in [1.165, 1.54) is 7.11 Å². The van der Waals surface area contributed by atoms with Gasteiger partial charge < -0.3 is 19.5 Å². The second kappa shape index (κ2) is 10.3. The number of nitrogens with one attached hydrogen (secondary N) is 1. The largest absolute Gasteiger partial charge is 0.468 e. The van der Waals surface area contributed by atoms with E-state index in [0.717, 1.165) is 6.54 Å². The molecule has 0 saturated carbocycles. The van der Waals surface area contributed by atoms with Crippen LogP contribution in [0.4, 0.5) is 0 Å². The van der Waals surface area contributed by atoms with Crippen molar-refractivity contribution in [2.24, 2.45) is 0 Å². The molecular weight excluding hydrogens is 236 g/mol. The molecule has 0 fully saturated rings. The highest BCUT2D eigenvalue weighted by Gasteiger charge is 2.23. The van der Waals surface area contributed by atoms with Gasteiger partial charge in [0.2, 0.25) is 0 Å². The minimum atomic E-state index is -0.342. The van der Waals surface area contributed by atoms with E-state index in [1.807, 2.05) is 0 Å². The van der Waals surface area contributed by atoms with Gasteiger partial charge in [-0.1, -0.05) is 0 Å². The number of hydrogen-bond acceptors (Lipinski definition) is 6. The maximum absolute atomic E-state index is 11.6. The first-order chi connectivity index (χ1) is 8.60. The normalized spacial score (nSPS) is 14.6. The highest BCUT2D eigenvalue weighted by Crippen LogP contribution is 2.03. The molecule has 0 aromatic heterocycles. The van der Waals surface area contributed by atoms with Crippen molar-refractivity contribution in [3.8, 4) is 0 Å². The average Bonchev–Trinajstić information content (AvgIpc) is 2.38. The Morgan fingerprint density at radius 1 is 1.28 bits per heavy atom. The van der Waals surface area contributed by atoms with Crippen molar-refractivity contribution in [2.75, 3.05) is 54.7 Å². The molecule has 0 aromatic carbocycles. The lowest BCUT2D eigenvalue weighted by atomic mass is 10.2. The van der Waals surface area contributed by atoms with E-state index >= 15 is 0 Å². The topological polar surface area (TPSA) is 60.0 Å². The van der Waals surface area contributed by atoms with E-state index in [9.17, 15) is 4.79 Å². The van der Waals surface area contributed by atoms with Crippen LogP contribution in [-0.2, 0) is 19.0 Å². The summed E-state index contributed by atoms with van der Waals surface area (Å²) in [5, 5.41) is 2.96. The van der Waals surface area contributed by atoms with Crippen molar-refractivity contribution in [3.05, 3.63) is 0 Å². The molecule has 0 radical (unpaired) electrons. The Hall–Kier alpha value is -0.690. The van der Waals surface area contributed by atoms with Crippen LogP contribution in [0, 0.1) is 0 Å². The van der Waals surface area contributed by atoms with Crippen LogP contribution in [0.3, 0.4) is 0 Å². The molecule has 0 aromatic rings. The summed E-state index contributed by atoms with van der Waals surface area (Å²) in [6, 6.07) is -0.128. The molecule has 18 heavy (non-hydrogen) atoms. The second-order valence-electron chi connectivity index (χ2n) is 4.16. The molecule has 0 aliphatic carbocycles. The number of rotatable bonds is 10. The molecule has 0 amide bonds. The Kier molecular flexibility index (Phi) is 9.86. The first kappa shape index (κ1) is 17.3. The summed E-state index contributed by atoms with van der Waals surface area (Å²) in [5.41, 5.74) is 0. The third-order valence-electron chi connectivity index (χ3n) is 2.87. The fourth-order valence-corrected chi connectivity index (χ4v) is 1.71. The third kappa shape index (κ3) is 6.30. The van der Waals surface area contributed by atoms with Gasteiger partial charge in [-0.05, 0) is 14.0 Å². The zero-order valence-corrected chi connectivity index (χ0v) is 12.1. The first-order valence-corrected chi connectivity index (χ1v) is 6.07. The van der Waals surface area contributed by atoms with E-state index in [0.29, 0.717) is 19.8 Å². The molecule has 6 nitrogen and oxygen atoms in total. The monoisotopic (exact) mass is 262 g/mol. The standard InChI is InChI=1S/C12H26N2O4/c1-10(9-17-4)14(6-7-16-3)8-11(13-2)12(15)18-5/h10-11,13H,6-9H2,1-5H3. The van der Waals surface area contributed by atoms with Crippen LogP contribution in [0.2, 0.25) is 0 Å². The Bertz CT molecular complexity index is 226. The molecule has 0 rings (SSSR count). The number of methoxy groups -OCH3 is 3. The summed E-state index contributed by atoms with van der Waals surface area (Å²) in [4.78, 5) is 13.7. The summed E-state index contributed by atoms with van der Waals surface area (Å²) in [6.45, 7) is 4.60. The third-order valence-corrected chi connectivity index (χ3v) is 2.87. The van der Waals surface area contributed by atoms with Crippen molar-refractivity contribution < 1.29 is 19.0 Å². The number of hydrogen-bond donors (Lipinski definition) is 1. The van der Waals surface area contributed by atoms with Gasteiger partial charge in [0.05, 0.1) is 20.3 Å². The van der Waals surface area contributed by atoms with E-state index < -0.39 is 0 Å². The van der Waals surface area contributed by atoms with E-state index in [-0.39, 0.29) is 18.1 Å². The van der Waals surface area contributed by atoms with Crippen molar-refractivity contribution in [1.29, 1.82) is 0 Å². The van der Waals surface area contributed by atoms with Gasteiger partial charge in [-0.3, -0.25) is 9.69 Å². The molecule has 0 bridgehead atoms. The Labute approximate surface area is 110 Å². The van der Waals surface area contributed by atoms with Gasteiger partial charge in [-0.15, -0.1) is 0 Å². The smallest absolute Gasteiger partial charge is 0.324 e. The van der Waals surface area contributed by atoms with Gasteiger partial charge in [0, 0.05) is 33.4 Å². The fraction of sp³-hybridized carbons (Fsp3) is 0.917. The zero-order valence-electron chi connectivity index (χ0n) is 12.1. The van der Waals surface area contributed by atoms with Crippen LogP contribution < -0.4 is 5.32 Å². The summed E-state index contributed by atoms with van der Waals surface area (Å²) in [7, 11) is 6.47. The molecular formula is C12H26N2O4. The number of carbonyl (C=O) groups excluding carboxylic acids is 1. The van der Waals surface area contributed by atoms with Gasteiger partial charge in [-0.2, -0.15) is 0 Å². The minimum absolute atomic E-state index is 0.214. The van der Waals surface area contributed by atoms with E-state index in [4.69, 9.17) is 14.2 Å². The predicted molar refractivity (Wildman–Crippen MR) is 69.7 cm³/mol. The summed E-state index contributed by atoms with van der Waals surface area (Å²) in [5.74, 6) is -0.260. The van der Waals surface area contributed by atoms with Gasteiger partial charge in [0.15, 0.2) is 0 Å². The van der Waals surface area contributed by atoms with Crippen LogP contribution in [-0.4, -0.2) is 77.6 Å². The van der Waals surface area contributed by atoms with Crippen LogP contribution in [0.15, 0.2) is 0 Å². The SMILES string of the molecule is CNC(CN(CCOC)C(C)COC)C(=O)OC. The van der Waals surface area contributed by atoms with Gasteiger partial charge in [0.1, 0.15) is 6.04 Å². The van der Waals surface area contributed by atoms with Crippen molar-refractivity contribution in [2.45, 2.75) is 19.0 Å². The summed E-state index contributed by atoms with van der Waals surface area (Å²) >= 11 is 0. The minimum Gasteiger partial charge on any atom is -0.468 e. The molecule has 0 aliphatic rings. The lowest BCUT2D eigenvalue weighted by Gasteiger charge is -2.30. The van der Waals surface area contributed by atoms with Crippen LogP contribution >= 0.6 is 0 Å². The molecule has 0 heterocycles. The van der Waals surface area contributed by atoms with Crippen molar-refractivity contribution in [1.82, 2.24) is 10.2 Å². The zero-order chi connectivity index (χ0) is 14.0. The van der Waals surface area contributed by atoms with Crippen LogP contribution in [0.5, 0.6) is 0 Å². The molecule has 0 spiro atoms. The Morgan fingerprint density at radius 2 is 1.94 bits per heavy atom. The predicted octanol–water partition coefficient (Wildman–Crippen LogP) is -0.269. The molecule has 108 valence electrons.